The molecule has 0 amide bonds. The summed E-state index contributed by atoms with van der Waals surface area (Å²) in [7, 11) is -2.67. The van der Waals surface area contributed by atoms with Crippen molar-refractivity contribution in [3.63, 3.8) is 0 Å². The molecule has 0 fully saturated rings. The summed E-state index contributed by atoms with van der Waals surface area (Å²) < 4.78 is 33.1. The number of ether oxygens (including phenoxy) is 1. The summed E-state index contributed by atoms with van der Waals surface area (Å²) in [5.41, 5.74) is 1.45. The second kappa shape index (κ2) is 9.51. The number of hydrogen-bond acceptors (Lipinski definition) is 5. The Labute approximate surface area is 175 Å². The maximum absolute atomic E-state index is 13.4. The van der Waals surface area contributed by atoms with Gasteiger partial charge in [-0.2, -0.15) is 4.31 Å². The van der Waals surface area contributed by atoms with Crippen LogP contribution in [0.3, 0.4) is 0 Å². The normalized spacial score (nSPS) is 11.4. The highest BCUT2D eigenvalue weighted by Gasteiger charge is 2.28. The van der Waals surface area contributed by atoms with Crippen LogP contribution in [0.2, 0.25) is 0 Å². The first-order chi connectivity index (χ1) is 14.4. The predicted molar refractivity (Wildman–Crippen MR) is 114 cm³/mol. The zero-order valence-corrected chi connectivity index (χ0v) is 17.3. The first-order valence-electron chi connectivity index (χ1n) is 9.32. The van der Waals surface area contributed by atoms with E-state index in [1.165, 1.54) is 23.5 Å². The molecule has 0 N–H and O–H groups in total. The highest BCUT2D eigenvalue weighted by molar-refractivity contribution is 7.89. The standard InChI is InChI=1S/C22H22N2O5S/c1-29-22-13-12-20(16-21(22)24(25)26)30(27,28)23(17-19-10-6-3-7-11-19)15-14-18-8-4-2-5-9-18/h2-13,16H,14-15,17H2,1H3. The molecule has 8 heteroatoms. The highest BCUT2D eigenvalue weighted by atomic mass is 32.2. The van der Waals surface area contributed by atoms with Gasteiger partial charge in [-0.3, -0.25) is 10.1 Å². The second-order valence-corrected chi connectivity index (χ2v) is 8.59. The lowest BCUT2D eigenvalue weighted by molar-refractivity contribution is -0.386. The van der Waals surface area contributed by atoms with Crippen LogP contribution in [0.25, 0.3) is 0 Å². The molecule has 0 atom stereocenters. The fraction of sp³-hybridized carbons (Fsp3) is 0.182. The van der Waals surface area contributed by atoms with Gasteiger partial charge in [0.1, 0.15) is 0 Å². The van der Waals surface area contributed by atoms with Crippen molar-refractivity contribution in [2.75, 3.05) is 13.7 Å². The number of rotatable bonds is 9. The maximum atomic E-state index is 13.4. The molecular formula is C22H22N2O5S. The Morgan fingerprint density at radius 2 is 1.53 bits per heavy atom. The molecule has 3 rings (SSSR count). The fourth-order valence-corrected chi connectivity index (χ4v) is 4.54. The molecule has 0 heterocycles. The molecule has 0 aliphatic rings. The minimum Gasteiger partial charge on any atom is -0.490 e. The Hall–Kier alpha value is -3.23. The van der Waals surface area contributed by atoms with Gasteiger partial charge in [-0.05, 0) is 29.7 Å². The molecule has 0 bridgehead atoms. The van der Waals surface area contributed by atoms with Crippen LogP contribution in [0, 0.1) is 10.1 Å². The Morgan fingerprint density at radius 1 is 0.933 bits per heavy atom. The van der Waals surface area contributed by atoms with Crippen LogP contribution in [0.4, 0.5) is 5.69 Å². The van der Waals surface area contributed by atoms with Crippen LogP contribution >= 0.6 is 0 Å². The smallest absolute Gasteiger partial charge is 0.312 e. The van der Waals surface area contributed by atoms with E-state index in [2.05, 4.69) is 0 Å². The SMILES string of the molecule is COc1ccc(S(=O)(=O)N(CCc2ccccc2)Cc2ccccc2)cc1[N+](=O)[O-]. The average molecular weight is 426 g/mol. The van der Waals surface area contributed by atoms with Gasteiger partial charge in [0.05, 0.1) is 16.9 Å². The maximum Gasteiger partial charge on any atom is 0.312 e. The predicted octanol–water partition coefficient (Wildman–Crippen LogP) is 4.04. The third-order valence-electron chi connectivity index (χ3n) is 4.68. The van der Waals surface area contributed by atoms with Gasteiger partial charge in [-0.1, -0.05) is 60.7 Å². The van der Waals surface area contributed by atoms with Crippen LogP contribution in [0.15, 0.2) is 83.8 Å². The molecule has 0 aliphatic carbocycles. The van der Waals surface area contributed by atoms with Crippen molar-refractivity contribution >= 4 is 15.7 Å². The van der Waals surface area contributed by atoms with E-state index < -0.39 is 14.9 Å². The van der Waals surface area contributed by atoms with Gasteiger partial charge in [0.25, 0.3) is 0 Å². The summed E-state index contributed by atoms with van der Waals surface area (Å²) in [5.74, 6) is 0.0119. The molecule has 7 nitrogen and oxygen atoms in total. The van der Waals surface area contributed by atoms with Crippen molar-refractivity contribution in [2.24, 2.45) is 0 Å². The van der Waals surface area contributed by atoms with Gasteiger partial charge in [-0.25, -0.2) is 8.42 Å². The number of nitrogens with zero attached hydrogens (tertiary/aromatic N) is 2. The third-order valence-corrected chi connectivity index (χ3v) is 6.52. The number of hydrogen-bond donors (Lipinski definition) is 0. The molecular weight excluding hydrogens is 404 g/mol. The van der Waals surface area contributed by atoms with E-state index in [4.69, 9.17) is 4.74 Å². The van der Waals surface area contributed by atoms with Crippen molar-refractivity contribution in [1.82, 2.24) is 4.31 Å². The lowest BCUT2D eigenvalue weighted by atomic mass is 10.1. The lowest BCUT2D eigenvalue weighted by Crippen LogP contribution is -2.32. The monoisotopic (exact) mass is 426 g/mol. The molecule has 156 valence electrons. The van der Waals surface area contributed by atoms with E-state index in [9.17, 15) is 18.5 Å². The number of nitro benzene ring substituents is 1. The van der Waals surface area contributed by atoms with Crippen molar-refractivity contribution < 1.29 is 18.1 Å². The summed E-state index contributed by atoms with van der Waals surface area (Å²) in [5, 5.41) is 11.3. The molecule has 3 aromatic carbocycles. The number of nitro groups is 1. The molecule has 0 spiro atoms. The van der Waals surface area contributed by atoms with E-state index in [0.29, 0.717) is 6.42 Å². The largest absolute Gasteiger partial charge is 0.490 e. The van der Waals surface area contributed by atoms with Gasteiger partial charge in [0.15, 0.2) is 5.75 Å². The van der Waals surface area contributed by atoms with Crippen molar-refractivity contribution in [3.8, 4) is 5.75 Å². The van der Waals surface area contributed by atoms with Crippen molar-refractivity contribution in [1.29, 1.82) is 0 Å². The molecule has 30 heavy (non-hydrogen) atoms. The first-order valence-corrected chi connectivity index (χ1v) is 10.8. The van der Waals surface area contributed by atoms with Crippen molar-refractivity contribution in [2.45, 2.75) is 17.9 Å². The number of sulfonamides is 1. The Bertz CT molecular complexity index is 1100. The zero-order chi connectivity index (χ0) is 21.6. The molecule has 0 unspecified atom stereocenters. The third kappa shape index (κ3) is 5.03. The summed E-state index contributed by atoms with van der Waals surface area (Å²) in [4.78, 5) is 10.6. The Balaban J connectivity index is 1.96. The summed E-state index contributed by atoms with van der Waals surface area (Å²) in [6.45, 7) is 0.400. The van der Waals surface area contributed by atoms with Gasteiger partial charge >= 0.3 is 5.69 Å². The topological polar surface area (TPSA) is 89.8 Å². The lowest BCUT2D eigenvalue weighted by Gasteiger charge is -2.22. The van der Waals surface area contributed by atoms with Crippen LogP contribution in [0.1, 0.15) is 11.1 Å². The minimum atomic E-state index is -3.98. The zero-order valence-electron chi connectivity index (χ0n) is 16.5. The Kier molecular flexibility index (Phi) is 6.81. The van der Waals surface area contributed by atoms with Crippen LogP contribution in [-0.2, 0) is 23.0 Å². The van der Waals surface area contributed by atoms with E-state index in [0.717, 1.165) is 17.2 Å². The first kappa shape index (κ1) is 21.5. The van der Waals surface area contributed by atoms with Gasteiger partial charge < -0.3 is 4.74 Å². The molecule has 3 aromatic rings. The van der Waals surface area contributed by atoms with E-state index >= 15 is 0 Å². The summed E-state index contributed by atoms with van der Waals surface area (Å²) in [6, 6.07) is 22.5. The van der Waals surface area contributed by atoms with Crippen LogP contribution < -0.4 is 4.74 Å². The molecule has 0 saturated heterocycles. The Morgan fingerprint density at radius 3 is 2.10 bits per heavy atom. The molecule has 0 aliphatic heterocycles. The molecule has 0 saturated carbocycles. The van der Waals surface area contributed by atoms with Crippen LogP contribution in [0.5, 0.6) is 5.75 Å². The van der Waals surface area contributed by atoms with Crippen LogP contribution in [-0.4, -0.2) is 31.3 Å². The van der Waals surface area contributed by atoms with Gasteiger partial charge in [0.2, 0.25) is 10.0 Å². The van der Waals surface area contributed by atoms with Crippen molar-refractivity contribution in [3.05, 3.63) is 100 Å². The summed E-state index contributed by atoms with van der Waals surface area (Å²) >= 11 is 0. The number of methoxy groups -OCH3 is 1. The molecule has 0 radical (unpaired) electrons. The highest BCUT2D eigenvalue weighted by Crippen LogP contribution is 2.31. The quantitative estimate of drug-likeness (QED) is 0.381. The van der Waals surface area contributed by atoms with E-state index in [1.54, 1.807) is 0 Å². The minimum absolute atomic E-state index is 0.0119. The molecule has 0 aromatic heterocycles. The fourth-order valence-electron chi connectivity index (χ4n) is 3.09. The van der Waals surface area contributed by atoms with Gasteiger partial charge in [0, 0.05) is 19.2 Å². The van der Waals surface area contributed by atoms with E-state index in [-0.39, 0.29) is 29.4 Å². The van der Waals surface area contributed by atoms with E-state index in [1.807, 2.05) is 60.7 Å². The summed E-state index contributed by atoms with van der Waals surface area (Å²) in [6.07, 6.45) is 0.519. The average Bonchev–Trinajstić information content (AvgIpc) is 2.77. The number of benzene rings is 3. The van der Waals surface area contributed by atoms with Gasteiger partial charge in [-0.15, -0.1) is 0 Å². The second-order valence-electron chi connectivity index (χ2n) is 6.65.